The van der Waals surface area contributed by atoms with Crippen LogP contribution >= 0.6 is 0 Å². The molecule has 3 nitrogen and oxygen atoms in total. The highest BCUT2D eigenvalue weighted by molar-refractivity contribution is 5.79. The van der Waals surface area contributed by atoms with E-state index in [4.69, 9.17) is 5.11 Å². The van der Waals surface area contributed by atoms with Gasteiger partial charge >= 0.3 is 5.97 Å². The maximum absolute atomic E-state index is 10.1. The van der Waals surface area contributed by atoms with Crippen LogP contribution in [0.3, 0.4) is 0 Å². The first-order chi connectivity index (χ1) is 5.49. The smallest absolute Gasteiger partial charge is 0.328 e. The summed E-state index contributed by atoms with van der Waals surface area (Å²) in [6, 6.07) is 0. The number of carboxylic acids is 1. The summed E-state index contributed by atoms with van der Waals surface area (Å²) in [7, 11) is 0. The SMILES string of the molecule is CC1(C)CN(C/C=C/C(=O)O)C1. The molecule has 0 spiro atoms. The Morgan fingerprint density at radius 2 is 2.17 bits per heavy atom. The van der Waals surface area contributed by atoms with E-state index in [1.807, 2.05) is 0 Å². The van der Waals surface area contributed by atoms with Crippen molar-refractivity contribution in [3.05, 3.63) is 12.2 Å². The predicted octanol–water partition coefficient (Wildman–Crippen LogP) is 0.969. The number of rotatable bonds is 3. The zero-order chi connectivity index (χ0) is 9.19. The van der Waals surface area contributed by atoms with Crippen molar-refractivity contribution in [1.82, 2.24) is 4.90 Å². The van der Waals surface area contributed by atoms with Crippen molar-refractivity contribution in [2.24, 2.45) is 5.41 Å². The normalized spacial score (nSPS) is 22.5. The fourth-order valence-electron chi connectivity index (χ4n) is 1.60. The van der Waals surface area contributed by atoms with Crippen LogP contribution in [-0.2, 0) is 4.79 Å². The van der Waals surface area contributed by atoms with Gasteiger partial charge in [0.2, 0.25) is 0 Å². The highest BCUT2D eigenvalue weighted by Gasteiger charge is 2.32. The topological polar surface area (TPSA) is 40.5 Å². The third-order valence-electron chi connectivity index (χ3n) is 1.93. The van der Waals surface area contributed by atoms with E-state index in [1.54, 1.807) is 6.08 Å². The van der Waals surface area contributed by atoms with Crippen LogP contribution in [0.4, 0.5) is 0 Å². The molecule has 0 bridgehead atoms. The molecular formula is C9H15NO2. The number of aliphatic carboxylic acids is 1. The maximum atomic E-state index is 10.1. The van der Waals surface area contributed by atoms with Gasteiger partial charge in [-0.3, -0.25) is 4.90 Å². The van der Waals surface area contributed by atoms with Gasteiger partial charge < -0.3 is 5.11 Å². The Balaban J connectivity index is 2.16. The van der Waals surface area contributed by atoms with E-state index in [0.717, 1.165) is 19.6 Å². The Hall–Kier alpha value is -0.830. The molecule has 0 atom stereocenters. The molecule has 0 aliphatic carbocycles. The number of carboxylic acid groups (broad SMARTS) is 1. The molecule has 0 amide bonds. The monoisotopic (exact) mass is 169 g/mol. The number of nitrogens with zero attached hydrogens (tertiary/aromatic N) is 1. The van der Waals surface area contributed by atoms with Crippen molar-refractivity contribution in [3.8, 4) is 0 Å². The number of hydrogen-bond acceptors (Lipinski definition) is 2. The number of hydrogen-bond donors (Lipinski definition) is 1. The molecule has 0 saturated carbocycles. The van der Waals surface area contributed by atoms with Gasteiger partial charge in [0.15, 0.2) is 0 Å². The van der Waals surface area contributed by atoms with Gasteiger partial charge in [0.1, 0.15) is 0 Å². The van der Waals surface area contributed by atoms with Gasteiger partial charge in [-0.05, 0) is 5.41 Å². The molecule has 0 unspecified atom stereocenters. The van der Waals surface area contributed by atoms with Gasteiger partial charge in [-0.15, -0.1) is 0 Å². The second-order valence-corrected chi connectivity index (χ2v) is 4.07. The van der Waals surface area contributed by atoms with Crippen molar-refractivity contribution in [2.45, 2.75) is 13.8 Å². The molecule has 1 aliphatic rings. The van der Waals surface area contributed by atoms with Crippen molar-refractivity contribution < 1.29 is 9.90 Å². The summed E-state index contributed by atoms with van der Waals surface area (Å²) >= 11 is 0. The minimum atomic E-state index is -0.866. The fourth-order valence-corrected chi connectivity index (χ4v) is 1.60. The summed E-state index contributed by atoms with van der Waals surface area (Å²) in [5, 5.41) is 8.31. The zero-order valence-electron chi connectivity index (χ0n) is 7.58. The molecule has 1 aliphatic heterocycles. The van der Waals surface area contributed by atoms with E-state index in [9.17, 15) is 4.79 Å². The Bertz CT molecular complexity index is 201. The molecule has 0 aromatic heterocycles. The van der Waals surface area contributed by atoms with E-state index in [2.05, 4.69) is 18.7 Å². The first kappa shape index (κ1) is 9.26. The molecule has 1 N–H and O–H groups in total. The van der Waals surface area contributed by atoms with Crippen LogP contribution in [0.15, 0.2) is 12.2 Å². The molecule has 1 heterocycles. The van der Waals surface area contributed by atoms with Crippen molar-refractivity contribution in [2.75, 3.05) is 19.6 Å². The fraction of sp³-hybridized carbons (Fsp3) is 0.667. The van der Waals surface area contributed by atoms with E-state index in [0.29, 0.717) is 5.41 Å². The minimum Gasteiger partial charge on any atom is -0.478 e. The van der Waals surface area contributed by atoms with E-state index >= 15 is 0 Å². The Morgan fingerprint density at radius 1 is 1.58 bits per heavy atom. The van der Waals surface area contributed by atoms with Gasteiger partial charge in [-0.25, -0.2) is 4.79 Å². The molecule has 0 aromatic carbocycles. The summed E-state index contributed by atoms with van der Waals surface area (Å²) in [4.78, 5) is 12.3. The summed E-state index contributed by atoms with van der Waals surface area (Å²) in [6.45, 7) is 7.32. The number of likely N-dealkylation sites (tertiary alicyclic amines) is 1. The van der Waals surface area contributed by atoms with Crippen LogP contribution < -0.4 is 0 Å². The standard InChI is InChI=1S/C9H15NO2/c1-9(2)6-10(7-9)5-3-4-8(11)12/h3-4H,5-7H2,1-2H3,(H,11,12)/b4-3+. The lowest BCUT2D eigenvalue weighted by Gasteiger charge is -2.45. The molecule has 3 heteroatoms. The third kappa shape index (κ3) is 2.66. The average molecular weight is 169 g/mol. The van der Waals surface area contributed by atoms with Gasteiger partial charge in [0.05, 0.1) is 0 Å². The van der Waals surface area contributed by atoms with E-state index in [1.165, 1.54) is 6.08 Å². The predicted molar refractivity (Wildman–Crippen MR) is 47.0 cm³/mol. The van der Waals surface area contributed by atoms with Crippen molar-refractivity contribution in [3.63, 3.8) is 0 Å². The highest BCUT2D eigenvalue weighted by Crippen LogP contribution is 2.27. The van der Waals surface area contributed by atoms with Gasteiger partial charge in [0.25, 0.3) is 0 Å². The molecule has 1 saturated heterocycles. The van der Waals surface area contributed by atoms with E-state index in [-0.39, 0.29) is 0 Å². The number of carbonyl (C=O) groups is 1. The maximum Gasteiger partial charge on any atom is 0.328 e. The summed E-state index contributed by atoms with van der Waals surface area (Å²) in [5.74, 6) is -0.866. The largest absolute Gasteiger partial charge is 0.478 e. The van der Waals surface area contributed by atoms with Gasteiger partial charge in [-0.2, -0.15) is 0 Å². The lowest BCUT2D eigenvalue weighted by atomic mass is 9.84. The van der Waals surface area contributed by atoms with Crippen molar-refractivity contribution >= 4 is 5.97 Å². The summed E-state index contributed by atoms with van der Waals surface area (Å²) < 4.78 is 0. The molecule has 0 aromatic rings. The summed E-state index contributed by atoms with van der Waals surface area (Å²) in [5.41, 5.74) is 0.428. The Kier molecular flexibility index (Phi) is 2.52. The first-order valence-electron chi connectivity index (χ1n) is 4.11. The quantitative estimate of drug-likeness (QED) is 0.640. The molecule has 1 rings (SSSR count). The van der Waals surface area contributed by atoms with Crippen LogP contribution in [0.5, 0.6) is 0 Å². The minimum absolute atomic E-state index is 0.428. The second-order valence-electron chi connectivity index (χ2n) is 4.07. The molecule has 1 fully saturated rings. The van der Waals surface area contributed by atoms with Crippen molar-refractivity contribution in [1.29, 1.82) is 0 Å². The third-order valence-corrected chi connectivity index (χ3v) is 1.93. The molecule has 68 valence electrons. The van der Waals surface area contributed by atoms with E-state index < -0.39 is 5.97 Å². The van der Waals surface area contributed by atoms with Gasteiger partial charge in [-0.1, -0.05) is 19.9 Å². The summed E-state index contributed by atoms with van der Waals surface area (Å²) in [6.07, 6.45) is 2.89. The Morgan fingerprint density at radius 3 is 2.58 bits per heavy atom. The lowest BCUT2D eigenvalue weighted by Crippen LogP contribution is -2.52. The molecule has 12 heavy (non-hydrogen) atoms. The first-order valence-corrected chi connectivity index (χ1v) is 4.11. The molecular weight excluding hydrogens is 154 g/mol. The second kappa shape index (κ2) is 3.27. The molecule has 0 radical (unpaired) electrons. The van der Waals surface area contributed by atoms with Crippen LogP contribution in [0.1, 0.15) is 13.8 Å². The zero-order valence-corrected chi connectivity index (χ0v) is 7.58. The van der Waals surface area contributed by atoms with Crippen LogP contribution in [0.2, 0.25) is 0 Å². The van der Waals surface area contributed by atoms with Gasteiger partial charge in [0, 0.05) is 25.7 Å². The van der Waals surface area contributed by atoms with Crippen LogP contribution in [0.25, 0.3) is 0 Å². The Labute approximate surface area is 72.7 Å². The lowest BCUT2D eigenvalue weighted by molar-refractivity contribution is -0.131. The highest BCUT2D eigenvalue weighted by atomic mass is 16.4. The van der Waals surface area contributed by atoms with Crippen LogP contribution in [0, 0.1) is 5.41 Å². The van der Waals surface area contributed by atoms with Crippen LogP contribution in [-0.4, -0.2) is 35.6 Å². The average Bonchev–Trinajstić information content (AvgIpc) is 1.82.